The van der Waals surface area contributed by atoms with Crippen LogP contribution < -0.4 is 11.5 Å². The maximum absolute atomic E-state index is 8.32. The van der Waals surface area contributed by atoms with Crippen molar-refractivity contribution in [2.75, 3.05) is 26.2 Å². The van der Waals surface area contributed by atoms with E-state index in [1.807, 2.05) is 0 Å². The van der Waals surface area contributed by atoms with Gasteiger partial charge in [0.05, 0.1) is 0 Å². The Morgan fingerprint density at radius 1 is 0.684 bits per heavy atom. The molecule has 0 saturated heterocycles. The summed E-state index contributed by atoms with van der Waals surface area (Å²) in [6.07, 6.45) is 7.96. The Labute approximate surface area is 153 Å². The van der Waals surface area contributed by atoms with Crippen LogP contribution in [0.15, 0.2) is 0 Å². The normalized spacial score (nSPS) is 7.05. The molecule has 0 aliphatic rings. The molecular weight excluding hydrogens is 369 g/mol. The maximum atomic E-state index is 8.32. The van der Waals surface area contributed by atoms with E-state index in [9.17, 15) is 0 Å². The summed E-state index contributed by atoms with van der Waals surface area (Å²) in [6.45, 7) is 1.90. The van der Waals surface area contributed by atoms with Crippen LogP contribution in [0.3, 0.4) is 0 Å². The van der Waals surface area contributed by atoms with Crippen molar-refractivity contribution in [3.05, 3.63) is 0 Å². The van der Waals surface area contributed by atoms with Gasteiger partial charge in [-0.25, -0.2) is 9.80 Å². The van der Waals surface area contributed by atoms with Gasteiger partial charge in [-0.3, -0.25) is 0 Å². The van der Waals surface area contributed by atoms with Crippen molar-refractivity contribution < 1.29 is 0 Å². The first-order chi connectivity index (χ1) is 8.69. The Balaban J connectivity index is -0.000000366. The Kier molecular flexibility index (Phi) is 23.6. The van der Waals surface area contributed by atoms with Crippen molar-refractivity contribution in [3.8, 4) is 24.8 Å². The first-order valence-corrected chi connectivity index (χ1v) is 5.24. The first-order valence-electron chi connectivity index (χ1n) is 5.24. The minimum atomic E-state index is 0. The third-order valence-corrected chi connectivity index (χ3v) is 1.65. The first kappa shape index (κ1) is 23.2. The van der Waals surface area contributed by atoms with Crippen LogP contribution in [0.2, 0.25) is 0 Å². The van der Waals surface area contributed by atoms with Crippen molar-refractivity contribution in [1.82, 2.24) is 9.80 Å². The third-order valence-electron chi connectivity index (χ3n) is 1.65. The minimum Gasteiger partial charge on any atom is -0.330 e. The summed E-state index contributed by atoms with van der Waals surface area (Å²) in [6, 6.07) is 0. The molecule has 0 aliphatic carbocycles. The molecule has 0 aromatic carbocycles. The van der Waals surface area contributed by atoms with Gasteiger partial charge in [0, 0.05) is 62.0 Å². The van der Waals surface area contributed by atoms with Crippen LogP contribution >= 0.6 is 0 Å². The summed E-state index contributed by atoms with van der Waals surface area (Å²) < 4.78 is 0. The predicted octanol–water partition coefficient (Wildman–Crippen LogP) is -1.18. The van der Waals surface area contributed by atoms with Gasteiger partial charge in [0.25, 0.3) is 0 Å². The van der Waals surface area contributed by atoms with Gasteiger partial charge in [-0.05, 0) is 25.9 Å². The van der Waals surface area contributed by atoms with Gasteiger partial charge >= 0.3 is 0 Å². The summed E-state index contributed by atoms with van der Waals surface area (Å²) in [7, 11) is 0. The molecule has 19 heavy (non-hydrogen) atoms. The van der Waals surface area contributed by atoms with Crippen LogP contribution in [0, 0.1) is 45.8 Å². The monoisotopic (exact) mass is 386 g/mol. The topological polar surface area (TPSA) is 154 Å². The molecular formula is C10H16BaN8. The molecule has 8 nitrogen and oxygen atoms in total. The van der Waals surface area contributed by atoms with E-state index in [1.165, 1.54) is 0 Å². The molecule has 0 spiro atoms. The van der Waals surface area contributed by atoms with Crippen LogP contribution in [-0.2, 0) is 0 Å². The quantitative estimate of drug-likeness (QED) is 0.329. The van der Waals surface area contributed by atoms with E-state index >= 15 is 0 Å². The Morgan fingerprint density at radius 2 is 1.00 bits per heavy atom. The molecule has 0 fully saturated rings. The Hall–Kier alpha value is -0.949. The van der Waals surface area contributed by atoms with E-state index in [1.54, 1.807) is 24.8 Å². The number of nitrogens with two attached hydrogens (primary N) is 2. The zero-order valence-electron chi connectivity index (χ0n) is 10.8. The van der Waals surface area contributed by atoms with E-state index in [4.69, 9.17) is 32.5 Å². The van der Waals surface area contributed by atoms with Crippen LogP contribution in [0.25, 0.3) is 0 Å². The number of nitrogens with zero attached hydrogens (tertiary/aromatic N) is 6. The summed E-state index contributed by atoms with van der Waals surface area (Å²) in [4.78, 5) is 1.76. The SMILES string of the molecule is N#CN(C#N)CCCN(C#N)C#N.NCCCN.[Ba]. The van der Waals surface area contributed by atoms with E-state index in [2.05, 4.69) is 0 Å². The number of nitriles is 4. The molecule has 0 saturated carbocycles. The van der Waals surface area contributed by atoms with Crippen LogP contribution in [0.1, 0.15) is 12.8 Å². The van der Waals surface area contributed by atoms with Crippen molar-refractivity contribution in [3.63, 3.8) is 0 Å². The Morgan fingerprint density at radius 3 is 1.16 bits per heavy atom. The van der Waals surface area contributed by atoms with Gasteiger partial charge in [0.15, 0.2) is 24.8 Å². The van der Waals surface area contributed by atoms with E-state index < -0.39 is 0 Å². The Bertz CT molecular complexity index is 296. The zero-order valence-corrected chi connectivity index (χ0v) is 15.2. The molecule has 0 atom stereocenters. The summed E-state index contributed by atoms with van der Waals surface area (Å²) in [5.41, 5.74) is 10.1. The molecule has 0 bridgehead atoms. The van der Waals surface area contributed by atoms with Gasteiger partial charge in [-0.2, -0.15) is 21.0 Å². The molecule has 98 valence electrons. The molecule has 0 amide bonds. The number of hydrogen-bond acceptors (Lipinski definition) is 8. The fourth-order valence-corrected chi connectivity index (χ4v) is 0.750. The van der Waals surface area contributed by atoms with Gasteiger partial charge in [-0.1, -0.05) is 0 Å². The van der Waals surface area contributed by atoms with Crippen molar-refractivity contribution in [2.45, 2.75) is 12.8 Å². The van der Waals surface area contributed by atoms with Crippen molar-refractivity contribution >= 4 is 48.9 Å². The standard InChI is InChI=1S/C7H6N6.C3H10N2.Ba/c8-4-12(5-9)2-1-3-13(6-10)7-11;4-2-1-3-5;/h1-3H2;1-5H2;. The molecule has 0 heterocycles. The molecule has 0 aromatic heterocycles. The largest absolute Gasteiger partial charge is 0.330 e. The maximum Gasteiger partial charge on any atom is 0.193 e. The van der Waals surface area contributed by atoms with Crippen molar-refractivity contribution in [2.24, 2.45) is 11.5 Å². The van der Waals surface area contributed by atoms with E-state index in [0.717, 1.165) is 29.3 Å². The molecule has 0 aliphatic heterocycles. The smallest absolute Gasteiger partial charge is 0.193 e. The van der Waals surface area contributed by atoms with Gasteiger partial charge < -0.3 is 11.5 Å². The summed E-state index contributed by atoms with van der Waals surface area (Å²) in [5, 5.41) is 33.3. The molecule has 4 N–H and O–H groups in total. The molecule has 9 heteroatoms. The van der Waals surface area contributed by atoms with Gasteiger partial charge in [0.1, 0.15) is 0 Å². The number of hydrogen-bond donors (Lipinski definition) is 2. The third kappa shape index (κ3) is 17.1. The predicted molar refractivity (Wildman–Crippen MR) is 69.0 cm³/mol. The van der Waals surface area contributed by atoms with Gasteiger partial charge in [-0.15, -0.1) is 0 Å². The van der Waals surface area contributed by atoms with Crippen molar-refractivity contribution in [1.29, 1.82) is 21.0 Å². The molecule has 0 rings (SSSR count). The summed E-state index contributed by atoms with van der Waals surface area (Å²) >= 11 is 0. The fourth-order valence-electron chi connectivity index (χ4n) is 0.750. The fraction of sp³-hybridized carbons (Fsp3) is 0.600. The molecule has 0 unspecified atom stereocenters. The number of rotatable bonds is 6. The average Bonchev–Trinajstić information content (AvgIpc) is 2.41. The molecule has 2 radical (unpaired) electrons. The second kappa shape index (κ2) is 19.4. The van der Waals surface area contributed by atoms with Crippen LogP contribution in [0.4, 0.5) is 0 Å². The van der Waals surface area contributed by atoms with Gasteiger partial charge in [0.2, 0.25) is 0 Å². The second-order valence-corrected chi connectivity index (χ2v) is 2.99. The molecule has 0 aromatic rings. The summed E-state index contributed by atoms with van der Waals surface area (Å²) in [5.74, 6) is 0. The van der Waals surface area contributed by atoms with Crippen LogP contribution in [0.5, 0.6) is 0 Å². The van der Waals surface area contributed by atoms with Crippen LogP contribution in [-0.4, -0.2) is 84.9 Å². The average molecular weight is 386 g/mol. The van der Waals surface area contributed by atoms with E-state index in [0.29, 0.717) is 6.42 Å². The van der Waals surface area contributed by atoms with E-state index in [-0.39, 0.29) is 62.0 Å². The minimum absolute atomic E-state index is 0. The second-order valence-electron chi connectivity index (χ2n) is 2.99. The zero-order chi connectivity index (χ0) is 14.2.